The van der Waals surface area contributed by atoms with Crippen LogP contribution in [0.2, 0.25) is 0 Å². The number of carbonyl (C=O) groups excluding carboxylic acids is 1. The third-order valence-electron chi connectivity index (χ3n) is 4.38. The first-order valence-electron chi connectivity index (χ1n) is 9.44. The Bertz CT molecular complexity index is 1100. The number of amides is 1. The predicted octanol–water partition coefficient (Wildman–Crippen LogP) is 4.06. The van der Waals surface area contributed by atoms with E-state index in [9.17, 15) is 9.90 Å². The predicted molar refractivity (Wildman–Crippen MR) is 112 cm³/mol. The van der Waals surface area contributed by atoms with Crippen molar-refractivity contribution in [3.63, 3.8) is 0 Å². The van der Waals surface area contributed by atoms with E-state index in [1.807, 2.05) is 60.7 Å². The second-order valence-electron chi connectivity index (χ2n) is 6.61. The van der Waals surface area contributed by atoms with Gasteiger partial charge < -0.3 is 15.2 Å². The highest BCUT2D eigenvalue weighted by Crippen LogP contribution is 2.22. The number of aromatic nitrogens is 3. The largest absolute Gasteiger partial charge is 0.457 e. The van der Waals surface area contributed by atoms with Gasteiger partial charge in [0.25, 0.3) is 5.91 Å². The van der Waals surface area contributed by atoms with Crippen LogP contribution in [0.5, 0.6) is 11.5 Å². The molecule has 0 fully saturated rings. The van der Waals surface area contributed by atoms with E-state index in [1.54, 1.807) is 24.3 Å². The molecule has 0 unspecified atom stereocenters. The molecule has 150 valence electrons. The van der Waals surface area contributed by atoms with Crippen LogP contribution in [0, 0.1) is 0 Å². The van der Waals surface area contributed by atoms with Crippen LogP contribution in [-0.4, -0.2) is 25.8 Å². The van der Waals surface area contributed by atoms with Gasteiger partial charge in [0.05, 0.1) is 12.6 Å². The second-order valence-corrected chi connectivity index (χ2v) is 6.61. The fraction of sp³-hybridized carbons (Fsp3) is 0.0870. The van der Waals surface area contributed by atoms with E-state index in [4.69, 9.17) is 4.74 Å². The Morgan fingerprint density at radius 3 is 2.27 bits per heavy atom. The Kier molecular flexibility index (Phi) is 5.82. The molecule has 0 saturated heterocycles. The summed E-state index contributed by atoms with van der Waals surface area (Å²) in [7, 11) is 0. The minimum atomic E-state index is -0.735. The molecular formula is C23H20N4O3. The van der Waals surface area contributed by atoms with E-state index < -0.39 is 12.0 Å². The Morgan fingerprint density at radius 1 is 0.933 bits per heavy atom. The summed E-state index contributed by atoms with van der Waals surface area (Å²) in [4.78, 5) is 16.5. The number of carbonyl (C=O) groups is 1. The first kappa shape index (κ1) is 19.4. The minimum Gasteiger partial charge on any atom is -0.457 e. The van der Waals surface area contributed by atoms with Gasteiger partial charge in [-0.2, -0.15) is 0 Å². The first-order valence-corrected chi connectivity index (χ1v) is 9.44. The molecule has 3 aromatic carbocycles. The van der Waals surface area contributed by atoms with Crippen molar-refractivity contribution in [2.75, 3.05) is 5.32 Å². The molecule has 0 aliphatic rings. The van der Waals surface area contributed by atoms with Gasteiger partial charge in [0.15, 0.2) is 0 Å². The molecule has 7 nitrogen and oxygen atoms in total. The summed E-state index contributed by atoms with van der Waals surface area (Å²) in [6.45, 7) is 0.204. The third-order valence-corrected chi connectivity index (χ3v) is 4.38. The molecule has 7 heteroatoms. The third kappa shape index (κ3) is 4.89. The Labute approximate surface area is 173 Å². The molecule has 4 aromatic rings. The minimum absolute atomic E-state index is 0.0277. The summed E-state index contributed by atoms with van der Waals surface area (Å²) < 4.78 is 7.18. The SMILES string of the molecule is O=C(Nc1ccc(Oc2ccccc2)cc1)c1ncn(C[C@@H](O)c2ccccc2)n1. The maximum absolute atomic E-state index is 12.4. The lowest BCUT2D eigenvalue weighted by Crippen LogP contribution is -2.15. The zero-order valence-electron chi connectivity index (χ0n) is 16.1. The zero-order valence-corrected chi connectivity index (χ0v) is 16.1. The standard InChI is InChI=1S/C23H20N4O3/c28-21(17-7-3-1-4-8-17)15-27-16-24-22(26-27)23(29)25-18-11-13-20(14-12-18)30-19-9-5-2-6-10-19/h1-14,16,21,28H,15H2,(H,25,29)/t21-/m1/s1. The summed E-state index contributed by atoms with van der Waals surface area (Å²) in [5.41, 5.74) is 1.37. The lowest BCUT2D eigenvalue weighted by atomic mass is 10.1. The van der Waals surface area contributed by atoms with Crippen LogP contribution in [-0.2, 0) is 6.54 Å². The fourth-order valence-electron chi connectivity index (χ4n) is 2.86. The number of aliphatic hydroxyl groups is 1. The summed E-state index contributed by atoms with van der Waals surface area (Å²) in [6, 6.07) is 25.7. The number of anilines is 1. The monoisotopic (exact) mass is 400 g/mol. The van der Waals surface area contributed by atoms with Crippen LogP contribution >= 0.6 is 0 Å². The molecule has 1 heterocycles. The van der Waals surface area contributed by atoms with Gasteiger partial charge in [-0.1, -0.05) is 48.5 Å². The average molecular weight is 400 g/mol. The molecule has 4 rings (SSSR count). The molecule has 2 N–H and O–H groups in total. The van der Waals surface area contributed by atoms with E-state index in [2.05, 4.69) is 15.4 Å². The Balaban J connectivity index is 1.35. The maximum Gasteiger partial charge on any atom is 0.295 e. The van der Waals surface area contributed by atoms with Crippen molar-refractivity contribution < 1.29 is 14.6 Å². The van der Waals surface area contributed by atoms with Gasteiger partial charge >= 0.3 is 0 Å². The summed E-state index contributed by atoms with van der Waals surface area (Å²) >= 11 is 0. The van der Waals surface area contributed by atoms with E-state index >= 15 is 0 Å². The Hall–Kier alpha value is -3.97. The normalized spacial score (nSPS) is 11.6. The van der Waals surface area contributed by atoms with Gasteiger partial charge in [-0.3, -0.25) is 4.79 Å². The molecule has 1 amide bonds. The fourth-order valence-corrected chi connectivity index (χ4v) is 2.86. The van der Waals surface area contributed by atoms with Gasteiger partial charge in [0.2, 0.25) is 5.82 Å². The lowest BCUT2D eigenvalue weighted by Gasteiger charge is -2.10. The number of nitrogens with zero attached hydrogens (tertiary/aromatic N) is 3. The number of hydrogen-bond acceptors (Lipinski definition) is 5. The molecule has 0 bridgehead atoms. The maximum atomic E-state index is 12.4. The Morgan fingerprint density at radius 2 is 1.57 bits per heavy atom. The van der Waals surface area contributed by atoms with E-state index in [-0.39, 0.29) is 12.4 Å². The highest BCUT2D eigenvalue weighted by Gasteiger charge is 2.14. The van der Waals surface area contributed by atoms with E-state index in [0.29, 0.717) is 11.4 Å². The van der Waals surface area contributed by atoms with Gasteiger partial charge in [0, 0.05) is 5.69 Å². The number of nitrogens with one attached hydrogen (secondary N) is 1. The van der Waals surface area contributed by atoms with Crippen LogP contribution in [0.25, 0.3) is 0 Å². The quantitative estimate of drug-likeness (QED) is 0.488. The van der Waals surface area contributed by atoms with Crippen LogP contribution < -0.4 is 10.1 Å². The van der Waals surface area contributed by atoms with Gasteiger partial charge in [0.1, 0.15) is 17.8 Å². The highest BCUT2D eigenvalue weighted by molar-refractivity contribution is 6.01. The van der Waals surface area contributed by atoms with Crippen molar-refractivity contribution >= 4 is 11.6 Å². The summed E-state index contributed by atoms with van der Waals surface area (Å²) in [6.07, 6.45) is 0.693. The number of benzene rings is 3. The number of rotatable bonds is 7. The van der Waals surface area contributed by atoms with E-state index in [1.165, 1.54) is 11.0 Å². The van der Waals surface area contributed by atoms with Crippen molar-refractivity contribution in [1.82, 2.24) is 14.8 Å². The average Bonchev–Trinajstić information content (AvgIpc) is 3.25. The van der Waals surface area contributed by atoms with Crippen molar-refractivity contribution in [3.05, 3.63) is 103 Å². The molecule has 30 heavy (non-hydrogen) atoms. The van der Waals surface area contributed by atoms with Crippen LogP contribution in [0.4, 0.5) is 5.69 Å². The van der Waals surface area contributed by atoms with Crippen molar-refractivity contribution in [2.45, 2.75) is 12.6 Å². The molecule has 0 aliphatic carbocycles. The van der Waals surface area contributed by atoms with E-state index in [0.717, 1.165) is 11.3 Å². The van der Waals surface area contributed by atoms with Gasteiger partial charge in [-0.05, 0) is 42.0 Å². The number of aliphatic hydroxyl groups excluding tert-OH is 1. The topological polar surface area (TPSA) is 89.3 Å². The second kappa shape index (κ2) is 9.02. The van der Waals surface area contributed by atoms with Crippen LogP contribution in [0.1, 0.15) is 22.3 Å². The molecule has 0 radical (unpaired) electrons. The molecular weight excluding hydrogens is 380 g/mol. The highest BCUT2D eigenvalue weighted by atomic mass is 16.5. The number of ether oxygens (including phenoxy) is 1. The molecule has 0 spiro atoms. The van der Waals surface area contributed by atoms with Crippen molar-refractivity contribution in [1.29, 1.82) is 0 Å². The van der Waals surface area contributed by atoms with Crippen molar-refractivity contribution in [3.8, 4) is 11.5 Å². The molecule has 0 saturated carbocycles. The number of hydrogen-bond donors (Lipinski definition) is 2. The summed E-state index contributed by atoms with van der Waals surface area (Å²) in [5.74, 6) is 0.998. The van der Waals surface area contributed by atoms with Gasteiger partial charge in [-0.15, -0.1) is 5.10 Å². The van der Waals surface area contributed by atoms with Crippen LogP contribution in [0.15, 0.2) is 91.3 Å². The first-order chi connectivity index (χ1) is 14.7. The van der Waals surface area contributed by atoms with Crippen molar-refractivity contribution in [2.24, 2.45) is 0 Å². The molecule has 1 atom stereocenters. The zero-order chi connectivity index (χ0) is 20.8. The molecule has 1 aromatic heterocycles. The smallest absolute Gasteiger partial charge is 0.295 e. The molecule has 0 aliphatic heterocycles. The van der Waals surface area contributed by atoms with Gasteiger partial charge in [-0.25, -0.2) is 9.67 Å². The number of para-hydroxylation sites is 1. The van der Waals surface area contributed by atoms with Crippen LogP contribution in [0.3, 0.4) is 0 Å². The summed E-state index contributed by atoms with van der Waals surface area (Å²) in [5, 5.41) is 17.2. The lowest BCUT2D eigenvalue weighted by molar-refractivity contribution is 0.101.